The average molecular weight is 414 g/mol. The maximum absolute atomic E-state index is 10.9. The van der Waals surface area contributed by atoms with Gasteiger partial charge in [-0.2, -0.15) is 0 Å². The van der Waals surface area contributed by atoms with E-state index in [4.69, 9.17) is 28.4 Å². The van der Waals surface area contributed by atoms with Crippen molar-refractivity contribution in [3.63, 3.8) is 0 Å². The Bertz CT molecular complexity index is 804. The van der Waals surface area contributed by atoms with E-state index < -0.39 is 12.3 Å². The molecule has 4 rings (SSSR count). The van der Waals surface area contributed by atoms with Crippen molar-refractivity contribution >= 4 is 12.3 Å². The van der Waals surface area contributed by atoms with Crippen molar-refractivity contribution in [2.75, 3.05) is 26.4 Å². The summed E-state index contributed by atoms with van der Waals surface area (Å²) in [5, 5.41) is 0. The van der Waals surface area contributed by atoms with Gasteiger partial charge in [0.2, 0.25) is 0 Å². The van der Waals surface area contributed by atoms with E-state index in [0.717, 1.165) is 11.1 Å². The minimum absolute atomic E-state index is 0.182. The molecule has 0 bridgehead atoms. The maximum Gasteiger partial charge on any atom is 0.508 e. The Morgan fingerprint density at radius 1 is 0.767 bits per heavy atom. The fourth-order valence-electron chi connectivity index (χ4n) is 3.17. The lowest BCUT2D eigenvalue weighted by Crippen LogP contribution is -2.20. The zero-order chi connectivity index (χ0) is 20.9. The van der Waals surface area contributed by atoms with Crippen LogP contribution in [-0.4, -0.2) is 50.9 Å². The van der Waals surface area contributed by atoms with Crippen LogP contribution in [0, 0.1) is 0 Å². The third kappa shape index (κ3) is 4.94. The quantitative estimate of drug-likeness (QED) is 0.605. The molecule has 0 amide bonds. The van der Waals surface area contributed by atoms with Crippen LogP contribution in [0.25, 0.3) is 0 Å². The number of cyclic esters (lactones) is 4. The largest absolute Gasteiger partial charge is 0.508 e. The van der Waals surface area contributed by atoms with Crippen LogP contribution in [0.5, 0.6) is 11.5 Å². The summed E-state index contributed by atoms with van der Waals surface area (Å²) in [5.41, 5.74) is 2.28. The van der Waals surface area contributed by atoms with Gasteiger partial charge in [0.15, 0.2) is 12.2 Å². The molecular formula is C22H22O8. The molecule has 30 heavy (non-hydrogen) atoms. The lowest BCUT2D eigenvalue weighted by atomic mass is 9.93. The highest BCUT2D eigenvalue weighted by molar-refractivity contribution is 5.62. The van der Waals surface area contributed by atoms with Gasteiger partial charge in [0, 0.05) is 5.92 Å². The molecule has 2 heterocycles. The number of ether oxygens (including phenoxy) is 6. The van der Waals surface area contributed by atoms with Gasteiger partial charge in [0.25, 0.3) is 0 Å². The summed E-state index contributed by atoms with van der Waals surface area (Å²) < 4.78 is 30.7. The third-order valence-electron chi connectivity index (χ3n) is 4.93. The van der Waals surface area contributed by atoms with Crippen LogP contribution in [0.15, 0.2) is 48.5 Å². The second-order valence-electron chi connectivity index (χ2n) is 7.08. The van der Waals surface area contributed by atoms with Crippen molar-refractivity contribution in [2.45, 2.75) is 25.0 Å². The molecule has 0 aliphatic carbocycles. The highest BCUT2D eigenvalue weighted by Crippen LogP contribution is 2.27. The van der Waals surface area contributed by atoms with Gasteiger partial charge in [-0.05, 0) is 35.4 Å². The van der Waals surface area contributed by atoms with E-state index in [1.165, 1.54) is 0 Å². The molecule has 2 atom stereocenters. The van der Waals surface area contributed by atoms with Gasteiger partial charge in [-0.25, -0.2) is 9.59 Å². The molecule has 0 spiro atoms. The Labute approximate surface area is 173 Å². The molecular weight excluding hydrogens is 392 g/mol. The van der Waals surface area contributed by atoms with Gasteiger partial charge < -0.3 is 28.4 Å². The molecule has 2 aromatic carbocycles. The van der Waals surface area contributed by atoms with Crippen molar-refractivity contribution in [1.29, 1.82) is 0 Å². The monoisotopic (exact) mass is 414 g/mol. The minimum Gasteiger partial charge on any atom is -0.490 e. The van der Waals surface area contributed by atoms with Crippen LogP contribution in [0.4, 0.5) is 9.59 Å². The minimum atomic E-state index is -0.653. The van der Waals surface area contributed by atoms with Crippen molar-refractivity contribution in [3.05, 3.63) is 59.7 Å². The van der Waals surface area contributed by atoms with Crippen molar-refractivity contribution in [1.82, 2.24) is 0 Å². The molecule has 2 aliphatic heterocycles. The molecule has 8 heteroatoms. The summed E-state index contributed by atoms with van der Waals surface area (Å²) in [6.07, 6.45) is -2.05. The Morgan fingerprint density at radius 2 is 1.17 bits per heavy atom. The number of hydrogen-bond donors (Lipinski definition) is 0. The smallest absolute Gasteiger partial charge is 0.490 e. The van der Waals surface area contributed by atoms with Crippen LogP contribution in [0.1, 0.15) is 24.0 Å². The lowest BCUT2D eigenvalue weighted by Gasteiger charge is -2.15. The maximum atomic E-state index is 10.9. The molecule has 0 aromatic heterocycles. The number of rotatable bonds is 8. The molecule has 0 N–H and O–H groups in total. The van der Waals surface area contributed by atoms with Gasteiger partial charge in [-0.1, -0.05) is 31.2 Å². The summed E-state index contributed by atoms with van der Waals surface area (Å²) in [6.45, 7) is 3.07. The van der Waals surface area contributed by atoms with Gasteiger partial charge in [0.05, 0.1) is 0 Å². The second kappa shape index (κ2) is 8.94. The zero-order valence-corrected chi connectivity index (χ0v) is 16.4. The Morgan fingerprint density at radius 3 is 1.50 bits per heavy atom. The fourth-order valence-corrected chi connectivity index (χ4v) is 3.17. The first-order valence-electron chi connectivity index (χ1n) is 9.69. The first-order valence-corrected chi connectivity index (χ1v) is 9.69. The van der Waals surface area contributed by atoms with Gasteiger partial charge in [0.1, 0.15) is 37.9 Å². The molecule has 0 saturated carbocycles. The SMILES string of the molecule is CC(c1ccc(OCC2COC(=O)O2)cc1)c1ccc(OCC2COC(=O)O2)cc1. The third-order valence-corrected chi connectivity index (χ3v) is 4.93. The summed E-state index contributed by atoms with van der Waals surface area (Å²) in [4.78, 5) is 21.8. The van der Waals surface area contributed by atoms with Crippen LogP contribution in [0.2, 0.25) is 0 Å². The van der Waals surface area contributed by atoms with Crippen LogP contribution in [0.3, 0.4) is 0 Å². The van der Waals surface area contributed by atoms with Crippen molar-refractivity contribution < 1.29 is 38.0 Å². The Hall–Kier alpha value is -3.42. The number of carbonyl (C=O) groups excluding carboxylic acids is 2. The Balaban J connectivity index is 1.28. The molecule has 2 saturated heterocycles. The fraction of sp³-hybridized carbons (Fsp3) is 0.364. The van der Waals surface area contributed by atoms with Crippen molar-refractivity contribution in [3.8, 4) is 11.5 Å². The first kappa shape index (κ1) is 19.9. The van der Waals surface area contributed by atoms with E-state index in [1.807, 2.05) is 48.5 Å². The average Bonchev–Trinajstić information content (AvgIpc) is 3.38. The normalized spacial score (nSPS) is 21.2. The van der Waals surface area contributed by atoms with Crippen LogP contribution in [-0.2, 0) is 18.9 Å². The molecule has 0 radical (unpaired) electrons. The molecule has 2 fully saturated rings. The summed E-state index contributed by atoms with van der Waals surface area (Å²) in [6, 6.07) is 15.6. The van der Waals surface area contributed by atoms with Gasteiger partial charge >= 0.3 is 12.3 Å². The van der Waals surface area contributed by atoms with E-state index >= 15 is 0 Å². The summed E-state index contributed by atoms with van der Waals surface area (Å²) in [5.74, 6) is 1.59. The molecule has 2 unspecified atom stereocenters. The van der Waals surface area contributed by atoms with Gasteiger partial charge in [-0.3, -0.25) is 0 Å². The number of hydrogen-bond acceptors (Lipinski definition) is 8. The van der Waals surface area contributed by atoms with E-state index in [9.17, 15) is 9.59 Å². The second-order valence-corrected chi connectivity index (χ2v) is 7.08. The Kier molecular flexibility index (Phi) is 5.92. The highest BCUT2D eigenvalue weighted by atomic mass is 16.8. The molecule has 2 aliphatic rings. The predicted molar refractivity (Wildman–Crippen MR) is 104 cm³/mol. The zero-order valence-electron chi connectivity index (χ0n) is 16.4. The molecule has 8 nitrogen and oxygen atoms in total. The predicted octanol–water partition coefficient (Wildman–Crippen LogP) is 3.67. The van der Waals surface area contributed by atoms with E-state index in [-0.39, 0.29) is 44.6 Å². The summed E-state index contributed by atoms with van der Waals surface area (Å²) >= 11 is 0. The van der Waals surface area contributed by atoms with Crippen molar-refractivity contribution in [2.24, 2.45) is 0 Å². The van der Waals surface area contributed by atoms with E-state index in [1.54, 1.807) is 0 Å². The topological polar surface area (TPSA) is 89.5 Å². The molecule has 2 aromatic rings. The lowest BCUT2D eigenvalue weighted by molar-refractivity contribution is 0.0977. The number of carbonyl (C=O) groups is 2. The number of benzene rings is 2. The van der Waals surface area contributed by atoms with E-state index in [0.29, 0.717) is 11.5 Å². The molecule has 158 valence electrons. The summed E-state index contributed by atoms with van der Waals surface area (Å²) in [7, 11) is 0. The van der Waals surface area contributed by atoms with Gasteiger partial charge in [-0.15, -0.1) is 0 Å². The van der Waals surface area contributed by atoms with Crippen LogP contribution >= 0.6 is 0 Å². The highest BCUT2D eigenvalue weighted by Gasteiger charge is 2.26. The van der Waals surface area contributed by atoms with E-state index in [2.05, 4.69) is 6.92 Å². The standard InChI is InChI=1S/C22H22O8/c1-14(15-2-6-17(7-3-15)25-10-19-12-27-21(23)29-19)16-4-8-18(9-5-16)26-11-20-13-28-22(24)30-20/h2-9,14,19-20H,10-13H2,1H3. The van der Waals surface area contributed by atoms with Crippen LogP contribution < -0.4 is 9.47 Å². The first-order chi connectivity index (χ1) is 14.6.